The van der Waals surface area contributed by atoms with Crippen molar-refractivity contribution in [3.8, 4) is 17.2 Å². The highest BCUT2D eigenvalue weighted by molar-refractivity contribution is 5.82. The van der Waals surface area contributed by atoms with Crippen LogP contribution in [0.15, 0.2) is 47.4 Å². The highest BCUT2D eigenvalue weighted by Crippen LogP contribution is 2.32. The molecule has 168 valence electrons. The van der Waals surface area contributed by atoms with Crippen molar-refractivity contribution in [2.45, 2.75) is 33.9 Å². The summed E-state index contributed by atoms with van der Waals surface area (Å²) in [5, 5.41) is 12.3. The van der Waals surface area contributed by atoms with Crippen molar-refractivity contribution in [1.29, 1.82) is 0 Å². The van der Waals surface area contributed by atoms with Crippen LogP contribution < -0.4 is 20.3 Å². The largest absolute Gasteiger partial charge is 0.454 e. The second-order valence-electron chi connectivity index (χ2n) is 8.10. The van der Waals surface area contributed by atoms with Crippen LogP contribution in [0.5, 0.6) is 11.5 Å². The summed E-state index contributed by atoms with van der Waals surface area (Å²) in [5.74, 6) is 1.02. The van der Waals surface area contributed by atoms with Crippen LogP contribution >= 0.6 is 0 Å². The molecule has 0 fully saturated rings. The number of aromatic nitrogens is 4. The second-order valence-corrected chi connectivity index (χ2v) is 8.10. The Hall–Kier alpha value is -4.14. The number of carbonyl (C=O) groups is 1. The zero-order chi connectivity index (χ0) is 23.1. The van der Waals surface area contributed by atoms with Gasteiger partial charge in [0.05, 0.1) is 17.6 Å². The Balaban J connectivity index is 1.40. The van der Waals surface area contributed by atoms with Gasteiger partial charge in [0.2, 0.25) is 12.7 Å². The van der Waals surface area contributed by atoms with Gasteiger partial charge in [0, 0.05) is 11.9 Å². The maximum atomic E-state index is 13.3. The SMILES string of the molecule is Cc1ccc(-n2ncc3c(C)nn(CC(=O)NCc4ccc5c(c4)OCO5)c(=O)c32)cc1C. The van der Waals surface area contributed by atoms with Crippen molar-refractivity contribution in [1.82, 2.24) is 24.9 Å². The zero-order valence-electron chi connectivity index (χ0n) is 18.6. The highest BCUT2D eigenvalue weighted by atomic mass is 16.7. The van der Waals surface area contributed by atoms with Crippen LogP contribution in [0.4, 0.5) is 0 Å². The Kier molecular flexibility index (Phi) is 5.08. The van der Waals surface area contributed by atoms with Crippen molar-refractivity contribution >= 4 is 16.8 Å². The first kappa shape index (κ1) is 20.7. The van der Waals surface area contributed by atoms with Gasteiger partial charge in [-0.3, -0.25) is 9.59 Å². The molecule has 9 heteroatoms. The fraction of sp³-hybridized carbons (Fsp3) is 0.250. The molecule has 0 bridgehead atoms. The first-order chi connectivity index (χ1) is 15.9. The molecule has 5 rings (SSSR count). The molecule has 2 aromatic carbocycles. The van der Waals surface area contributed by atoms with E-state index in [-0.39, 0.29) is 24.8 Å². The average Bonchev–Trinajstić information content (AvgIpc) is 3.45. The lowest BCUT2D eigenvalue weighted by Crippen LogP contribution is -2.34. The maximum Gasteiger partial charge on any atom is 0.293 e. The first-order valence-electron chi connectivity index (χ1n) is 10.6. The fourth-order valence-corrected chi connectivity index (χ4v) is 3.83. The Bertz CT molecular complexity index is 1450. The van der Waals surface area contributed by atoms with Gasteiger partial charge < -0.3 is 14.8 Å². The van der Waals surface area contributed by atoms with Gasteiger partial charge in [-0.05, 0) is 61.7 Å². The van der Waals surface area contributed by atoms with Crippen LogP contribution in [0.25, 0.3) is 16.6 Å². The third-order valence-corrected chi connectivity index (χ3v) is 5.82. The van der Waals surface area contributed by atoms with E-state index in [4.69, 9.17) is 9.47 Å². The number of fused-ring (bicyclic) bond motifs is 2. The highest BCUT2D eigenvalue weighted by Gasteiger charge is 2.17. The van der Waals surface area contributed by atoms with Crippen molar-refractivity contribution in [2.75, 3.05) is 6.79 Å². The van der Waals surface area contributed by atoms with E-state index in [0.717, 1.165) is 22.4 Å². The van der Waals surface area contributed by atoms with Crippen molar-refractivity contribution in [3.05, 3.63) is 75.3 Å². The number of amides is 1. The Morgan fingerprint density at radius 2 is 1.88 bits per heavy atom. The van der Waals surface area contributed by atoms with Crippen molar-refractivity contribution in [3.63, 3.8) is 0 Å². The van der Waals surface area contributed by atoms with E-state index < -0.39 is 0 Å². The molecule has 1 aliphatic heterocycles. The number of hydrogen-bond acceptors (Lipinski definition) is 6. The van der Waals surface area contributed by atoms with Gasteiger partial charge in [-0.2, -0.15) is 10.2 Å². The number of ether oxygens (including phenoxy) is 2. The van der Waals surface area contributed by atoms with E-state index in [0.29, 0.717) is 34.6 Å². The van der Waals surface area contributed by atoms with Gasteiger partial charge in [0.25, 0.3) is 5.56 Å². The van der Waals surface area contributed by atoms with Gasteiger partial charge >= 0.3 is 0 Å². The quantitative estimate of drug-likeness (QED) is 0.507. The summed E-state index contributed by atoms with van der Waals surface area (Å²) in [6.45, 7) is 6.14. The van der Waals surface area contributed by atoms with Crippen LogP contribution in [-0.2, 0) is 17.9 Å². The number of nitrogens with one attached hydrogen (secondary N) is 1. The van der Waals surface area contributed by atoms with E-state index in [1.807, 2.05) is 44.2 Å². The van der Waals surface area contributed by atoms with Gasteiger partial charge in [-0.15, -0.1) is 0 Å². The minimum Gasteiger partial charge on any atom is -0.454 e. The third-order valence-electron chi connectivity index (χ3n) is 5.82. The lowest BCUT2D eigenvalue weighted by Gasteiger charge is -2.10. The second kappa shape index (κ2) is 8.09. The summed E-state index contributed by atoms with van der Waals surface area (Å²) < 4.78 is 13.5. The van der Waals surface area contributed by atoms with Gasteiger partial charge in [0.1, 0.15) is 12.1 Å². The molecular weight excluding hydrogens is 422 g/mol. The molecule has 33 heavy (non-hydrogen) atoms. The molecule has 2 aromatic heterocycles. The van der Waals surface area contributed by atoms with E-state index in [1.54, 1.807) is 23.9 Å². The Morgan fingerprint density at radius 3 is 2.70 bits per heavy atom. The summed E-state index contributed by atoms with van der Waals surface area (Å²) in [7, 11) is 0. The lowest BCUT2D eigenvalue weighted by molar-refractivity contribution is -0.122. The van der Waals surface area contributed by atoms with Crippen LogP contribution in [0.1, 0.15) is 22.4 Å². The molecule has 0 atom stereocenters. The molecule has 0 aliphatic carbocycles. The molecule has 0 unspecified atom stereocenters. The van der Waals surface area contributed by atoms with Gasteiger partial charge in [-0.25, -0.2) is 9.36 Å². The van der Waals surface area contributed by atoms with Gasteiger partial charge in [0.15, 0.2) is 11.5 Å². The molecule has 0 saturated carbocycles. The number of carbonyl (C=O) groups excluding carboxylic acids is 1. The summed E-state index contributed by atoms with van der Waals surface area (Å²) >= 11 is 0. The Morgan fingerprint density at radius 1 is 1.06 bits per heavy atom. The standard InChI is InChI=1S/C24H23N5O4/c1-14-4-6-18(8-15(14)2)29-23-19(11-26-29)16(3)27-28(24(23)31)12-22(30)25-10-17-5-7-20-21(9-17)33-13-32-20/h4-9,11H,10,12-13H2,1-3H3,(H,25,30). The predicted molar refractivity (Wildman–Crippen MR) is 122 cm³/mol. The van der Waals surface area contributed by atoms with E-state index in [2.05, 4.69) is 15.5 Å². The van der Waals surface area contributed by atoms with Crippen molar-refractivity contribution in [2.24, 2.45) is 0 Å². The number of rotatable bonds is 5. The smallest absolute Gasteiger partial charge is 0.293 e. The van der Waals surface area contributed by atoms with Crippen molar-refractivity contribution < 1.29 is 14.3 Å². The number of benzene rings is 2. The molecule has 4 aromatic rings. The molecule has 9 nitrogen and oxygen atoms in total. The zero-order valence-corrected chi connectivity index (χ0v) is 18.6. The molecule has 0 saturated heterocycles. The van der Waals surface area contributed by atoms with Gasteiger partial charge in [-0.1, -0.05) is 12.1 Å². The Labute approximate surface area is 189 Å². The summed E-state index contributed by atoms with van der Waals surface area (Å²) in [4.78, 5) is 25.9. The maximum absolute atomic E-state index is 13.3. The third kappa shape index (κ3) is 3.82. The summed E-state index contributed by atoms with van der Waals surface area (Å²) in [5.41, 5.74) is 4.57. The monoisotopic (exact) mass is 445 g/mol. The molecule has 0 radical (unpaired) electrons. The molecule has 1 amide bonds. The molecule has 1 N–H and O–H groups in total. The lowest BCUT2D eigenvalue weighted by atomic mass is 10.1. The normalized spacial score (nSPS) is 12.3. The van der Waals surface area contributed by atoms with E-state index in [9.17, 15) is 9.59 Å². The van der Waals surface area contributed by atoms with E-state index in [1.165, 1.54) is 4.68 Å². The predicted octanol–water partition coefficient (Wildman–Crippen LogP) is 2.55. The van der Waals surface area contributed by atoms with Crippen LogP contribution in [0.2, 0.25) is 0 Å². The van der Waals surface area contributed by atoms with Crippen LogP contribution in [0, 0.1) is 20.8 Å². The van der Waals surface area contributed by atoms with Crippen LogP contribution in [-0.4, -0.2) is 32.3 Å². The molecular formula is C24H23N5O4. The number of hydrogen-bond donors (Lipinski definition) is 1. The molecule has 0 spiro atoms. The number of nitrogens with zero attached hydrogens (tertiary/aromatic N) is 4. The molecule has 1 aliphatic rings. The molecule has 3 heterocycles. The first-order valence-corrected chi connectivity index (χ1v) is 10.6. The topological polar surface area (TPSA) is 100 Å². The number of aryl methyl sites for hydroxylation is 3. The fourth-order valence-electron chi connectivity index (χ4n) is 3.83. The summed E-state index contributed by atoms with van der Waals surface area (Å²) in [6.07, 6.45) is 1.64. The van der Waals surface area contributed by atoms with Crippen LogP contribution in [0.3, 0.4) is 0 Å². The minimum atomic E-state index is -0.371. The average molecular weight is 445 g/mol. The minimum absolute atomic E-state index is 0.195. The summed E-state index contributed by atoms with van der Waals surface area (Å²) in [6, 6.07) is 11.4. The van der Waals surface area contributed by atoms with E-state index >= 15 is 0 Å².